The Kier molecular flexibility index (Phi) is 115. The van der Waals surface area contributed by atoms with E-state index in [-0.39, 0.29) is 144 Å². The van der Waals surface area contributed by atoms with Gasteiger partial charge < -0.3 is 39.6 Å². The average Bonchev–Trinajstić information content (AvgIpc) is 3.43. The number of allylic oxidation sites excluding steroid dienone is 16. The quantitative estimate of drug-likeness (QED) is 0.0395. The number of hydrogen-bond donors (Lipinski definition) is 0. The summed E-state index contributed by atoms with van der Waals surface area (Å²) in [5.74, 6) is -3.68. The van der Waals surface area contributed by atoms with E-state index in [9.17, 15) is 39.6 Å². The van der Waals surface area contributed by atoms with Crippen molar-refractivity contribution in [3.63, 3.8) is 0 Å². The van der Waals surface area contributed by atoms with Crippen molar-refractivity contribution in [1.82, 2.24) is 0 Å². The number of unbranched alkanes of at least 4 members (excludes halogenated alkanes) is 32. The third-order valence-corrected chi connectivity index (χ3v) is 13.3. The molecule has 12 heteroatoms. The first kappa shape index (κ1) is 100.0. The first-order valence-corrected chi connectivity index (χ1v) is 33.1. The van der Waals surface area contributed by atoms with Gasteiger partial charge in [-0.25, -0.2) is 0 Å². The fourth-order valence-electron chi connectivity index (χ4n) is 8.32. The topological polar surface area (TPSA) is 161 Å². The van der Waals surface area contributed by atoms with Gasteiger partial charge in [0, 0.05) is 23.9 Å². The molecule has 0 fully saturated rings. The number of carboxylic acid groups (broad SMARTS) is 4. The van der Waals surface area contributed by atoms with Crippen LogP contribution < -0.4 is 139 Å². The molecule has 0 rings (SSSR count). The van der Waals surface area contributed by atoms with E-state index in [4.69, 9.17) is 0 Å². The van der Waals surface area contributed by atoms with E-state index in [2.05, 4.69) is 125 Å². The Morgan fingerprint density at radius 2 is 0.333 bits per heavy atom. The SMILES string of the molecule is CCCCC/C=C\C/C=C\CCCCCCCC(=O)[O-].CCCCC/C=C\C/C=C\CCCCCCCC(=O)[O-].CCCCC/C=C\C/C=C\CCCCCCCC(=O)[O-].CCCCC/C=C\C/C=C\CCCCCCCC(=O)[O-].[Na+].[Na+].[Na+].[Na+]. The van der Waals surface area contributed by atoms with Crippen molar-refractivity contribution >= 4 is 23.9 Å². The number of rotatable bonds is 56. The van der Waals surface area contributed by atoms with Gasteiger partial charge >= 0.3 is 118 Å². The van der Waals surface area contributed by atoms with Gasteiger partial charge in [0.05, 0.1) is 0 Å². The Balaban J connectivity index is -0.000000150. The molecule has 0 aromatic heterocycles. The Bertz CT molecular complexity index is 1310. The number of carbonyl (C=O) groups is 4. The Morgan fingerprint density at radius 3 is 0.476 bits per heavy atom. The van der Waals surface area contributed by atoms with Crippen LogP contribution in [0.1, 0.15) is 336 Å². The molecule has 0 saturated heterocycles. The second-order valence-electron chi connectivity index (χ2n) is 21.4. The van der Waals surface area contributed by atoms with Gasteiger partial charge in [-0.05, 0) is 180 Å². The predicted octanol–water partition coefficient (Wildman–Crippen LogP) is 6.22. The first-order chi connectivity index (χ1) is 39.1. The van der Waals surface area contributed by atoms with Crippen LogP contribution in [0.3, 0.4) is 0 Å². The number of hydrogen-bond acceptors (Lipinski definition) is 8. The van der Waals surface area contributed by atoms with Crippen LogP contribution >= 0.6 is 0 Å². The molecule has 0 unspecified atom stereocenters. The molecule has 0 bridgehead atoms. The summed E-state index contributed by atoms with van der Waals surface area (Å²) in [6, 6.07) is 0. The normalized spacial score (nSPS) is 11.1. The fraction of sp³-hybridized carbons (Fsp3) is 0.722. The van der Waals surface area contributed by atoms with E-state index in [1.807, 2.05) is 0 Å². The maximum absolute atomic E-state index is 10.2. The van der Waals surface area contributed by atoms with Crippen molar-refractivity contribution in [1.29, 1.82) is 0 Å². The molecule has 0 aliphatic carbocycles. The molecule has 0 aromatic rings. The van der Waals surface area contributed by atoms with Gasteiger partial charge in [-0.1, -0.05) is 253 Å². The maximum Gasteiger partial charge on any atom is 1.00 e. The van der Waals surface area contributed by atoms with Crippen molar-refractivity contribution in [3.05, 3.63) is 97.2 Å². The zero-order valence-electron chi connectivity index (χ0n) is 56.4. The predicted molar refractivity (Wildman–Crippen MR) is 337 cm³/mol. The fourth-order valence-corrected chi connectivity index (χ4v) is 8.32. The molecule has 84 heavy (non-hydrogen) atoms. The van der Waals surface area contributed by atoms with Crippen molar-refractivity contribution in [2.24, 2.45) is 0 Å². The van der Waals surface area contributed by atoms with Crippen LogP contribution in [0.5, 0.6) is 0 Å². The third kappa shape index (κ3) is 116. The van der Waals surface area contributed by atoms with Crippen LogP contribution in [0.4, 0.5) is 0 Å². The molecule has 0 aromatic carbocycles. The van der Waals surface area contributed by atoms with Crippen LogP contribution in [0.15, 0.2) is 97.2 Å². The second kappa shape index (κ2) is 96.4. The van der Waals surface area contributed by atoms with Crippen LogP contribution in [0.2, 0.25) is 0 Å². The minimum Gasteiger partial charge on any atom is -0.550 e. The van der Waals surface area contributed by atoms with Crippen LogP contribution in [0, 0.1) is 0 Å². The molecule has 0 N–H and O–H groups in total. The zero-order chi connectivity index (χ0) is 59.6. The first-order valence-electron chi connectivity index (χ1n) is 33.1. The van der Waals surface area contributed by atoms with Gasteiger partial charge in [0.2, 0.25) is 0 Å². The minimum atomic E-state index is -0.921. The summed E-state index contributed by atoms with van der Waals surface area (Å²) < 4.78 is 0. The largest absolute Gasteiger partial charge is 1.00 e. The summed E-state index contributed by atoms with van der Waals surface area (Å²) in [5, 5.41) is 40.8. The molecule has 0 amide bonds. The molecule has 0 atom stereocenters. The van der Waals surface area contributed by atoms with Gasteiger partial charge in [0.1, 0.15) is 0 Å². The molecule has 0 heterocycles. The van der Waals surface area contributed by atoms with Crippen LogP contribution in [-0.4, -0.2) is 23.9 Å². The Labute approximate surface area is 608 Å². The summed E-state index contributed by atoms with van der Waals surface area (Å²) in [6.07, 6.45) is 87.8. The summed E-state index contributed by atoms with van der Waals surface area (Å²) in [7, 11) is 0. The van der Waals surface area contributed by atoms with E-state index in [0.29, 0.717) is 0 Å². The van der Waals surface area contributed by atoms with Crippen molar-refractivity contribution in [3.8, 4) is 0 Å². The molecule has 464 valence electrons. The average molecular weight is 1210 g/mol. The van der Waals surface area contributed by atoms with E-state index in [1.54, 1.807) is 0 Å². The molecule has 8 nitrogen and oxygen atoms in total. The van der Waals surface area contributed by atoms with Gasteiger partial charge in [-0.3, -0.25) is 0 Å². The maximum atomic E-state index is 10.2. The molecule has 0 spiro atoms. The summed E-state index contributed by atoms with van der Waals surface area (Å²) in [4.78, 5) is 40.8. The molecule has 0 saturated carbocycles. The molecule has 0 aliphatic heterocycles. The summed E-state index contributed by atoms with van der Waals surface area (Å²) in [5.41, 5.74) is 0. The zero-order valence-corrected chi connectivity index (χ0v) is 64.4. The van der Waals surface area contributed by atoms with Crippen molar-refractivity contribution in [2.75, 3.05) is 0 Å². The van der Waals surface area contributed by atoms with E-state index < -0.39 is 23.9 Å². The Hall–Kier alpha value is -0.200. The number of carbonyl (C=O) groups excluding carboxylic acids is 4. The Morgan fingerprint density at radius 1 is 0.202 bits per heavy atom. The summed E-state index contributed by atoms with van der Waals surface area (Å²) >= 11 is 0. The standard InChI is InChI=1S/4C18H32O2.4Na/c4*1-2-3-4-5-6-7-8-9-10-11-12-13-14-15-16-17-18(19)20;;;;/h4*6-7,9-10H,2-5,8,11-17H2,1H3,(H,19,20);;;;/q;;;;4*+1/p-4/b4*7-6-,10-9-;;;;. The van der Waals surface area contributed by atoms with Gasteiger partial charge in [0.25, 0.3) is 0 Å². The van der Waals surface area contributed by atoms with Crippen molar-refractivity contribution < 1.29 is 158 Å². The number of aliphatic carboxylic acids is 4. The monoisotopic (exact) mass is 1210 g/mol. The molecule has 0 aliphatic rings. The third-order valence-electron chi connectivity index (χ3n) is 13.3. The molecular formula is C72H124Na4O8. The molecular weight excluding hydrogens is 1080 g/mol. The van der Waals surface area contributed by atoms with E-state index in [1.165, 1.54) is 154 Å². The van der Waals surface area contributed by atoms with E-state index in [0.717, 1.165) is 128 Å². The number of carboxylic acids is 4. The van der Waals surface area contributed by atoms with Crippen LogP contribution in [0.25, 0.3) is 0 Å². The van der Waals surface area contributed by atoms with Gasteiger partial charge in [0.15, 0.2) is 0 Å². The minimum absolute atomic E-state index is 0. The second-order valence-corrected chi connectivity index (χ2v) is 21.4. The molecule has 0 radical (unpaired) electrons. The smallest absolute Gasteiger partial charge is 0.550 e. The van der Waals surface area contributed by atoms with Gasteiger partial charge in [-0.2, -0.15) is 0 Å². The summed E-state index contributed by atoms with van der Waals surface area (Å²) in [6.45, 7) is 8.93. The van der Waals surface area contributed by atoms with E-state index >= 15 is 0 Å². The van der Waals surface area contributed by atoms with Crippen LogP contribution in [-0.2, 0) is 19.2 Å². The van der Waals surface area contributed by atoms with Crippen molar-refractivity contribution in [2.45, 2.75) is 336 Å². The van der Waals surface area contributed by atoms with Gasteiger partial charge in [-0.15, -0.1) is 0 Å².